The molecule has 0 unspecified atom stereocenters. The molecule has 0 saturated heterocycles. The van der Waals surface area contributed by atoms with Gasteiger partial charge >= 0.3 is 5.97 Å². The summed E-state index contributed by atoms with van der Waals surface area (Å²) in [5.74, 6) is -1.19. The Morgan fingerprint density at radius 1 is 1.05 bits per heavy atom. The molecule has 0 aliphatic carbocycles. The first-order valence-corrected chi connectivity index (χ1v) is 6.92. The summed E-state index contributed by atoms with van der Waals surface area (Å²) in [7, 11) is 0. The lowest BCUT2D eigenvalue weighted by molar-refractivity contribution is 0.0698. The molecule has 0 spiro atoms. The van der Waals surface area contributed by atoms with Gasteiger partial charge in [-0.1, -0.05) is 28.1 Å². The van der Waals surface area contributed by atoms with Crippen LogP contribution in [0.3, 0.4) is 0 Å². The van der Waals surface area contributed by atoms with Gasteiger partial charge in [-0.15, -0.1) is 0 Å². The zero-order chi connectivity index (χ0) is 15.2. The third-order valence-corrected chi connectivity index (χ3v) is 3.29. The summed E-state index contributed by atoms with van der Waals surface area (Å²) >= 11 is 3.30. The third-order valence-electron chi connectivity index (χ3n) is 2.76. The first-order valence-electron chi connectivity index (χ1n) is 6.13. The maximum absolute atomic E-state index is 11.9. The zero-order valence-corrected chi connectivity index (χ0v) is 12.5. The van der Waals surface area contributed by atoms with E-state index in [1.165, 1.54) is 18.3 Å². The van der Waals surface area contributed by atoms with Crippen LogP contribution in [0.4, 0.5) is 5.69 Å². The van der Waals surface area contributed by atoms with Crippen molar-refractivity contribution in [3.63, 3.8) is 0 Å². The van der Waals surface area contributed by atoms with E-state index in [0.29, 0.717) is 11.3 Å². The number of carboxylic acid groups (broad SMARTS) is 1. The zero-order valence-electron chi connectivity index (χ0n) is 10.9. The van der Waals surface area contributed by atoms with Crippen molar-refractivity contribution in [3.8, 4) is 0 Å². The normalized spacial score (nSPS) is 10.5. The Morgan fingerprint density at radius 2 is 1.71 bits per heavy atom. The number of carbonyl (C=O) groups is 2. The van der Waals surface area contributed by atoms with Crippen LogP contribution < -0.4 is 5.32 Å². The van der Waals surface area contributed by atoms with Gasteiger partial charge in [0.25, 0.3) is 0 Å². The molecular weight excluding hydrogens is 334 g/mol. The highest BCUT2D eigenvalue weighted by atomic mass is 79.9. The lowest BCUT2D eigenvalue weighted by Gasteiger charge is -2.04. The van der Waals surface area contributed by atoms with E-state index in [0.717, 1.165) is 4.47 Å². The molecule has 0 atom stereocenters. The SMILES string of the molecule is O=C(/C=C/Nc1ccccc1C(=O)O)c1ccc(Br)cc1. The van der Waals surface area contributed by atoms with E-state index in [1.54, 1.807) is 42.5 Å². The number of hydrogen-bond acceptors (Lipinski definition) is 3. The smallest absolute Gasteiger partial charge is 0.337 e. The highest BCUT2D eigenvalue weighted by Crippen LogP contribution is 2.15. The average molecular weight is 346 g/mol. The molecule has 2 aromatic carbocycles. The molecule has 0 aliphatic heterocycles. The summed E-state index contributed by atoms with van der Waals surface area (Å²) in [5, 5.41) is 11.9. The Hall–Kier alpha value is -2.40. The van der Waals surface area contributed by atoms with Gasteiger partial charge in [0.2, 0.25) is 0 Å². The lowest BCUT2D eigenvalue weighted by atomic mass is 10.1. The fourth-order valence-electron chi connectivity index (χ4n) is 1.71. The molecule has 21 heavy (non-hydrogen) atoms. The van der Waals surface area contributed by atoms with Crippen LogP contribution in [0.2, 0.25) is 0 Å². The van der Waals surface area contributed by atoms with Gasteiger partial charge in [-0.2, -0.15) is 0 Å². The molecule has 0 aliphatic rings. The van der Waals surface area contributed by atoms with Crippen LogP contribution in [0.25, 0.3) is 0 Å². The van der Waals surface area contributed by atoms with Gasteiger partial charge in [-0.25, -0.2) is 4.79 Å². The quantitative estimate of drug-likeness (QED) is 0.635. The molecule has 0 radical (unpaired) electrons. The summed E-state index contributed by atoms with van der Waals surface area (Å²) in [6, 6.07) is 13.5. The van der Waals surface area contributed by atoms with Crippen molar-refractivity contribution in [2.75, 3.05) is 5.32 Å². The molecule has 5 heteroatoms. The summed E-state index contributed by atoms with van der Waals surface area (Å²) in [6.07, 6.45) is 2.80. The minimum absolute atomic E-state index is 0.151. The minimum Gasteiger partial charge on any atom is -0.478 e. The van der Waals surface area contributed by atoms with E-state index in [9.17, 15) is 9.59 Å². The number of hydrogen-bond donors (Lipinski definition) is 2. The van der Waals surface area contributed by atoms with E-state index in [4.69, 9.17) is 5.11 Å². The number of carboxylic acids is 1. The Kier molecular flexibility index (Phi) is 4.90. The van der Waals surface area contributed by atoms with Crippen LogP contribution in [-0.4, -0.2) is 16.9 Å². The summed E-state index contributed by atoms with van der Waals surface area (Å²) in [4.78, 5) is 22.9. The Balaban J connectivity index is 2.07. The van der Waals surface area contributed by atoms with E-state index in [1.807, 2.05) is 0 Å². The van der Waals surface area contributed by atoms with Gasteiger partial charge < -0.3 is 10.4 Å². The second-order valence-corrected chi connectivity index (χ2v) is 5.12. The highest BCUT2D eigenvalue weighted by molar-refractivity contribution is 9.10. The molecule has 0 amide bonds. The Bertz CT molecular complexity index is 693. The summed E-state index contributed by atoms with van der Waals surface area (Å²) < 4.78 is 0.900. The Labute approximate surface area is 130 Å². The predicted octanol–water partition coefficient (Wildman–Crippen LogP) is 3.96. The molecular formula is C16H12BrNO3. The van der Waals surface area contributed by atoms with Crippen molar-refractivity contribution in [2.45, 2.75) is 0 Å². The number of allylic oxidation sites excluding steroid dienone is 1. The minimum atomic E-state index is -1.02. The summed E-state index contributed by atoms with van der Waals surface area (Å²) in [5.41, 5.74) is 1.14. The van der Waals surface area contributed by atoms with Crippen LogP contribution in [0.5, 0.6) is 0 Å². The average Bonchev–Trinajstić information content (AvgIpc) is 2.48. The van der Waals surface area contributed by atoms with Crippen molar-refractivity contribution in [2.24, 2.45) is 0 Å². The molecule has 4 nitrogen and oxygen atoms in total. The van der Waals surface area contributed by atoms with Gasteiger partial charge in [0, 0.05) is 22.3 Å². The number of nitrogens with one attached hydrogen (secondary N) is 1. The highest BCUT2D eigenvalue weighted by Gasteiger charge is 2.07. The molecule has 0 heterocycles. The number of halogens is 1. The van der Waals surface area contributed by atoms with Gasteiger partial charge in [-0.3, -0.25) is 4.79 Å². The molecule has 0 bridgehead atoms. The van der Waals surface area contributed by atoms with Crippen molar-refractivity contribution >= 4 is 33.4 Å². The van der Waals surface area contributed by atoms with Gasteiger partial charge in [0.15, 0.2) is 5.78 Å². The number of aromatic carboxylic acids is 1. The van der Waals surface area contributed by atoms with Crippen LogP contribution >= 0.6 is 15.9 Å². The van der Waals surface area contributed by atoms with E-state index < -0.39 is 5.97 Å². The van der Waals surface area contributed by atoms with Crippen molar-refractivity contribution < 1.29 is 14.7 Å². The Morgan fingerprint density at radius 3 is 2.38 bits per heavy atom. The maximum Gasteiger partial charge on any atom is 0.337 e. The molecule has 2 N–H and O–H groups in total. The number of para-hydroxylation sites is 1. The molecule has 0 fully saturated rings. The largest absolute Gasteiger partial charge is 0.478 e. The fourth-order valence-corrected chi connectivity index (χ4v) is 1.98. The molecule has 0 saturated carbocycles. The van der Waals surface area contributed by atoms with Crippen LogP contribution in [-0.2, 0) is 0 Å². The van der Waals surface area contributed by atoms with Gasteiger partial charge in [0.05, 0.1) is 11.3 Å². The monoisotopic (exact) mass is 345 g/mol. The second-order valence-electron chi connectivity index (χ2n) is 4.20. The summed E-state index contributed by atoms with van der Waals surface area (Å²) in [6.45, 7) is 0. The molecule has 0 aromatic heterocycles. The van der Waals surface area contributed by atoms with E-state index in [2.05, 4.69) is 21.2 Å². The first-order chi connectivity index (χ1) is 10.1. The van der Waals surface area contributed by atoms with Crippen LogP contribution in [0.1, 0.15) is 20.7 Å². The van der Waals surface area contributed by atoms with Crippen LogP contribution in [0, 0.1) is 0 Å². The second kappa shape index (κ2) is 6.85. The number of benzene rings is 2. The lowest BCUT2D eigenvalue weighted by Crippen LogP contribution is -2.02. The first kappa shape index (κ1) is 15.0. The standard InChI is InChI=1S/C16H12BrNO3/c17-12-7-5-11(6-8-12)15(19)9-10-18-14-4-2-1-3-13(14)16(20)21/h1-10,18H,(H,20,21)/b10-9+. The number of rotatable bonds is 5. The maximum atomic E-state index is 11.9. The van der Waals surface area contributed by atoms with Crippen LogP contribution in [0.15, 0.2) is 65.3 Å². The van der Waals surface area contributed by atoms with Crippen molar-refractivity contribution in [3.05, 3.63) is 76.4 Å². The molecule has 2 rings (SSSR count). The van der Waals surface area contributed by atoms with Gasteiger partial charge in [-0.05, 0) is 36.4 Å². The van der Waals surface area contributed by atoms with Crippen molar-refractivity contribution in [1.82, 2.24) is 0 Å². The van der Waals surface area contributed by atoms with Gasteiger partial charge in [0.1, 0.15) is 0 Å². The number of ketones is 1. The topological polar surface area (TPSA) is 66.4 Å². The van der Waals surface area contributed by atoms with E-state index >= 15 is 0 Å². The molecule has 106 valence electrons. The predicted molar refractivity (Wildman–Crippen MR) is 84.6 cm³/mol. The third kappa shape index (κ3) is 4.03. The van der Waals surface area contributed by atoms with Crippen molar-refractivity contribution in [1.29, 1.82) is 0 Å². The fraction of sp³-hybridized carbons (Fsp3) is 0. The number of carbonyl (C=O) groups excluding carboxylic acids is 1. The van der Waals surface area contributed by atoms with E-state index in [-0.39, 0.29) is 11.3 Å². The number of anilines is 1. The molecule has 2 aromatic rings.